The van der Waals surface area contributed by atoms with Crippen LogP contribution in [0.2, 0.25) is 0 Å². The van der Waals surface area contributed by atoms with Crippen LogP contribution in [0.3, 0.4) is 0 Å². The van der Waals surface area contributed by atoms with Gasteiger partial charge in [0.25, 0.3) is 5.91 Å². The van der Waals surface area contributed by atoms with E-state index in [4.69, 9.17) is 9.73 Å². The number of aromatic nitrogens is 2. The second-order valence-corrected chi connectivity index (χ2v) is 6.95. The van der Waals surface area contributed by atoms with Gasteiger partial charge in [-0.1, -0.05) is 18.9 Å². The van der Waals surface area contributed by atoms with Crippen LogP contribution in [-0.4, -0.2) is 41.1 Å². The fourth-order valence-electron chi connectivity index (χ4n) is 3.60. The van der Waals surface area contributed by atoms with Gasteiger partial charge in [0.2, 0.25) is 5.96 Å². The zero-order chi connectivity index (χ0) is 18.6. The molecule has 2 aromatic rings. The number of amides is 1. The predicted molar refractivity (Wildman–Crippen MR) is 104 cm³/mol. The molecule has 2 unspecified atom stereocenters. The molecule has 1 saturated heterocycles. The van der Waals surface area contributed by atoms with Crippen LogP contribution in [0.5, 0.6) is 0 Å². The number of hydrogen-bond donors (Lipinski definition) is 2. The Bertz CT molecular complexity index is 908. The van der Waals surface area contributed by atoms with E-state index in [1.807, 2.05) is 18.2 Å². The van der Waals surface area contributed by atoms with Gasteiger partial charge in [-0.3, -0.25) is 20.1 Å². The topological polar surface area (TPSA) is 88.5 Å². The minimum absolute atomic E-state index is 0.163. The Morgan fingerprint density at radius 1 is 1.15 bits per heavy atom. The van der Waals surface area contributed by atoms with Crippen LogP contribution in [0, 0.1) is 0 Å². The number of nitrogens with zero attached hydrogens (tertiary/aromatic N) is 3. The second kappa shape index (κ2) is 7.84. The quantitative estimate of drug-likeness (QED) is 0.644. The number of carbonyl (C=O) groups excluding carboxylic acids is 1. The third-order valence-corrected chi connectivity index (χ3v) is 5.03. The van der Waals surface area contributed by atoms with E-state index in [2.05, 4.69) is 20.6 Å². The van der Waals surface area contributed by atoms with Gasteiger partial charge in [0.15, 0.2) is 0 Å². The number of guanidine groups is 1. The highest BCUT2D eigenvalue weighted by Crippen LogP contribution is 2.22. The zero-order valence-corrected chi connectivity index (χ0v) is 15.3. The lowest BCUT2D eigenvalue weighted by Crippen LogP contribution is -2.28. The summed E-state index contributed by atoms with van der Waals surface area (Å²) in [6.45, 7) is 0. The Labute approximate surface area is 158 Å². The Morgan fingerprint density at radius 3 is 2.81 bits per heavy atom. The van der Waals surface area contributed by atoms with Crippen LogP contribution >= 0.6 is 0 Å². The van der Waals surface area contributed by atoms with Crippen molar-refractivity contribution in [1.29, 1.82) is 0 Å². The first-order chi connectivity index (χ1) is 13.2. The Kier molecular flexibility index (Phi) is 5.11. The minimum atomic E-state index is -0.176. The summed E-state index contributed by atoms with van der Waals surface area (Å²) in [4.78, 5) is 25.6. The Balaban J connectivity index is 1.51. The normalized spacial score (nSPS) is 26.2. The summed E-state index contributed by atoms with van der Waals surface area (Å²) in [5.74, 6) is 0.346. The smallest absolute Gasteiger partial charge is 0.274 e. The molecule has 2 N–H and O–H groups in total. The molecule has 1 saturated carbocycles. The molecule has 1 aromatic carbocycles. The first kappa shape index (κ1) is 17.6. The number of benzene rings is 1. The summed E-state index contributed by atoms with van der Waals surface area (Å²) in [5, 5.41) is 5.94. The number of aliphatic imine (C=N–C) groups is 1. The summed E-state index contributed by atoms with van der Waals surface area (Å²) < 4.78 is 5.52. The summed E-state index contributed by atoms with van der Waals surface area (Å²) >= 11 is 0. The molecule has 0 spiro atoms. The molecule has 140 valence electrons. The SMILES string of the molecule is COC1CCCCC(N=C2NC(=O)/C(=C/c3ccc4nccnc4c3)N2)C1. The first-order valence-electron chi connectivity index (χ1n) is 9.33. The standard InChI is InChI=1S/C20H23N5O2/c1-27-15-5-3-2-4-14(12-15)23-20-24-18(19(26)25-20)11-13-6-7-16-17(10-13)22-9-8-21-16/h6-11,14-15H,2-5,12H2,1H3,(H2,23,24,25,26)/b18-11-. The number of rotatable bonds is 3. The lowest BCUT2D eigenvalue weighted by atomic mass is 10.1. The lowest BCUT2D eigenvalue weighted by molar-refractivity contribution is -0.115. The zero-order valence-electron chi connectivity index (χ0n) is 15.3. The summed E-state index contributed by atoms with van der Waals surface area (Å²) in [6.07, 6.45) is 10.6. The Morgan fingerprint density at radius 2 is 1.96 bits per heavy atom. The third-order valence-electron chi connectivity index (χ3n) is 5.03. The molecular formula is C20H23N5O2. The average molecular weight is 365 g/mol. The van der Waals surface area contributed by atoms with Crippen molar-refractivity contribution in [3.05, 3.63) is 41.9 Å². The number of hydrogen-bond acceptors (Lipinski definition) is 5. The summed E-state index contributed by atoms with van der Waals surface area (Å²) in [6, 6.07) is 5.89. The molecule has 1 aliphatic carbocycles. The van der Waals surface area contributed by atoms with Crippen molar-refractivity contribution in [1.82, 2.24) is 20.6 Å². The molecule has 7 heteroatoms. The first-order valence-corrected chi connectivity index (χ1v) is 9.33. The summed E-state index contributed by atoms with van der Waals surface area (Å²) in [5.41, 5.74) is 2.99. The maximum atomic E-state index is 12.3. The van der Waals surface area contributed by atoms with Crippen molar-refractivity contribution in [2.45, 2.75) is 44.2 Å². The van der Waals surface area contributed by atoms with Gasteiger partial charge in [0.05, 0.1) is 23.2 Å². The fraction of sp³-hybridized carbons (Fsp3) is 0.400. The van der Waals surface area contributed by atoms with Gasteiger partial charge in [-0.15, -0.1) is 0 Å². The van der Waals surface area contributed by atoms with Crippen molar-refractivity contribution >= 4 is 29.0 Å². The molecule has 2 atom stereocenters. The van der Waals surface area contributed by atoms with Crippen LogP contribution in [-0.2, 0) is 9.53 Å². The Hall–Kier alpha value is -2.80. The lowest BCUT2D eigenvalue weighted by Gasteiger charge is -2.16. The maximum Gasteiger partial charge on any atom is 0.274 e. The summed E-state index contributed by atoms with van der Waals surface area (Å²) in [7, 11) is 1.75. The van der Waals surface area contributed by atoms with E-state index in [0.29, 0.717) is 11.7 Å². The largest absolute Gasteiger partial charge is 0.381 e. The molecule has 1 aliphatic heterocycles. The second-order valence-electron chi connectivity index (χ2n) is 6.95. The average Bonchev–Trinajstić information content (AvgIpc) is 2.88. The molecule has 0 radical (unpaired) electrons. The molecule has 7 nitrogen and oxygen atoms in total. The van der Waals surface area contributed by atoms with Gasteiger partial charge >= 0.3 is 0 Å². The highest BCUT2D eigenvalue weighted by molar-refractivity contribution is 6.15. The van der Waals surface area contributed by atoms with Crippen molar-refractivity contribution in [3.63, 3.8) is 0 Å². The molecule has 1 aromatic heterocycles. The molecule has 2 aliphatic rings. The number of methoxy groups -OCH3 is 1. The monoisotopic (exact) mass is 365 g/mol. The van der Waals surface area contributed by atoms with Gasteiger partial charge in [0.1, 0.15) is 5.70 Å². The van der Waals surface area contributed by atoms with Crippen molar-refractivity contribution in [2.75, 3.05) is 7.11 Å². The molecule has 1 amide bonds. The van der Waals surface area contributed by atoms with Gasteiger partial charge < -0.3 is 10.1 Å². The van der Waals surface area contributed by atoms with E-state index in [1.165, 1.54) is 0 Å². The number of nitrogens with one attached hydrogen (secondary N) is 2. The van der Waals surface area contributed by atoms with E-state index in [9.17, 15) is 4.79 Å². The van der Waals surface area contributed by atoms with Crippen LogP contribution < -0.4 is 10.6 Å². The van der Waals surface area contributed by atoms with E-state index >= 15 is 0 Å². The number of carbonyl (C=O) groups is 1. The van der Waals surface area contributed by atoms with Gasteiger partial charge in [-0.05, 0) is 43.0 Å². The van der Waals surface area contributed by atoms with Crippen LogP contribution in [0.4, 0.5) is 0 Å². The molecule has 4 rings (SSSR count). The van der Waals surface area contributed by atoms with Crippen LogP contribution in [0.15, 0.2) is 41.3 Å². The van der Waals surface area contributed by atoms with E-state index in [1.54, 1.807) is 25.6 Å². The number of fused-ring (bicyclic) bond motifs is 1. The van der Waals surface area contributed by atoms with Crippen molar-refractivity contribution in [2.24, 2.45) is 4.99 Å². The molecule has 2 fully saturated rings. The number of ether oxygens (including phenoxy) is 1. The minimum Gasteiger partial charge on any atom is -0.381 e. The highest BCUT2D eigenvalue weighted by Gasteiger charge is 2.25. The molecular weight excluding hydrogens is 342 g/mol. The highest BCUT2D eigenvalue weighted by atomic mass is 16.5. The van der Waals surface area contributed by atoms with E-state index in [0.717, 1.165) is 48.7 Å². The molecule has 2 heterocycles. The fourth-order valence-corrected chi connectivity index (χ4v) is 3.60. The maximum absolute atomic E-state index is 12.3. The van der Waals surface area contributed by atoms with E-state index < -0.39 is 0 Å². The van der Waals surface area contributed by atoms with Crippen LogP contribution in [0.1, 0.15) is 37.7 Å². The van der Waals surface area contributed by atoms with Crippen LogP contribution in [0.25, 0.3) is 17.1 Å². The predicted octanol–water partition coefficient (Wildman–Crippen LogP) is 2.39. The van der Waals surface area contributed by atoms with Crippen molar-refractivity contribution < 1.29 is 9.53 Å². The van der Waals surface area contributed by atoms with Gasteiger partial charge in [0, 0.05) is 19.5 Å². The molecule has 27 heavy (non-hydrogen) atoms. The van der Waals surface area contributed by atoms with Crippen molar-refractivity contribution in [3.8, 4) is 0 Å². The van der Waals surface area contributed by atoms with Gasteiger partial charge in [-0.2, -0.15) is 0 Å². The van der Waals surface area contributed by atoms with Gasteiger partial charge in [-0.25, -0.2) is 4.99 Å². The van der Waals surface area contributed by atoms with E-state index in [-0.39, 0.29) is 18.1 Å². The molecule has 0 bridgehead atoms. The third kappa shape index (κ3) is 4.14.